The van der Waals surface area contributed by atoms with Crippen LogP contribution in [0.4, 0.5) is 0 Å². The lowest BCUT2D eigenvalue weighted by Crippen LogP contribution is -2.24. The number of pyridine rings is 1. The molecular weight excluding hydrogens is 321 g/mol. The van der Waals surface area contributed by atoms with Gasteiger partial charge in [0, 0.05) is 19.5 Å². The highest BCUT2D eigenvalue weighted by Crippen LogP contribution is 2.34. The summed E-state index contributed by atoms with van der Waals surface area (Å²) in [5.41, 5.74) is 2.53. The molecule has 4 rings (SSSR count). The molecule has 0 radical (unpaired) electrons. The van der Waals surface area contributed by atoms with Crippen LogP contribution in [0.2, 0.25) is 0 Å². The van der Waals surface area contributed by atoms with Crippen molar-refractivity contribution < 1.29 is 0 Å². The Labute approximate surface area is 151 Å². The molecule has 0 amide bonds. The third-order valence-corrected chi connectivity index (χ3v) is 7.37. The highest BCUT2D eigenvalue weighted by Gasteiger charge is 2.21. The van der Waals surface area contributed by atoms with Crippen LogP contribution in [0.5, 0.6) is 0 Å². The van der Waals surface area contributed by atoms with Crippen molar-refractivity contribution in [3.8, 4) is 0 Å². The van der Waals surface area contributed by atoms with E-state index in [1.54, 1.807) is 0 Å². The third kappa shape index (κ3) is 3.83. The first-order chi connectivity index (χ1) is 12.4. The number of nitrogens with zero attached hydrogens (tertiary/aromatic N) is 1. The van der Waals surface area contributed by atoms with Crippen LogP contribution in [-0.2, 0) is 0 Å². The van der Waals surface area contributed by atoms with Crippen molar-refractivity contribution >= 4 is 24.0 Å². The lowest BCUT2D eigenvalue weighted by molar-refractivity contribution is 0.437. The van der Waals surface area contributed by atoms with Gasteiger partial charge in [0.1, 0.15) is 0 Å². The highest BCUT2D eigenvalue weighted by molar-refractivity contribution is 7.79. The van der Waals surface area contributed by atoms with Gasteiger partial charge in [0.15, 0.2) is 0 Å². The second-order valence-corrected chi connectivity index (χ2v) is 8.92. The van der Waals surface area contributed by atoms with E-state index >= 15 is 0 Å². The Morgan fingerprint density at radius 1 is 0.640 bits per heavy atom. The van der Waals surface area contributed by atoms with E-state index in [4.69, 9.17) is 4.98 Å². The van der Waals surface area contributed by atoms with Crippen molar-refractivity contribution in [1.29, 1.82) is 0 Å². The molecular formula is C23H24NP. The lowest BCUT2D eigenvalue weighted by atomic mass is 9.87. The molecule has 1 heterocycles. The van der Waals surface area contributed by atoms with Crippen LogP contribution in [0.1, 0.15) is 43.7 Å². The molecule has 0 atom stereocenters. The molecule has 1 aliphatic rings. The molecule has 1 nitrogen and oxygen atoms in total. The lowest BCUT2D eigenvalue weighted by Gasteiger charge is -2.23. The van der Waals surface area contributed by atoms with Gasteiger partial charge in [-0.3, -0.25) is 4.98 Å². The van der Waals surface area contributed by atoms with Gasteiger partial charge >= 0.3 is 0 Å². The van der Waals surface area contributed by atoms with Crippen molar-refractivity contribution in [1.82, 2.24) is 4.98 Å². The Morgan fingerprint density at radius 2 is 1.24 bits per heavy atom. The van der Waals surface area contributed by atoms with E-state index in [0.29, 0.717) is 5.92 Å². The Balaban J connectivity index is 1.75. The van der Waals surface area contributed by atoms with Crippen LogP contribution in [0.15, 0.2) is 78.9 Å². The van der Waals surface area contributed by atoms with Crippen LogP contribution in [0.3, 0.4) is 0 Å². The SMILES string of the molecule is c1ccc(P(c2ccccc2)c2cccc(C3CCCCC3)n2)cc1. The zero-order valence-electron chi connectivity index (χ0n) is 14.5. The van der Waals surface area contributed by atoms with Gasteiger partial charge in [0.05, 0.1) is 5.44 Å². The van der Waals surface area contributed by atoms with E-state index in [1.807, 2.05) is 0 Å². The fourth-order valence-electron chi connectivity index (χ4n) is 3.76. The van der Waals surface area contributed by atoms with Crippen LogP contribution >= 0.6 is 7.92 Å². The predicted octanol–water partition coefficient (Wildman–Crippen LogP) is 4.89. The molecule has 1 saturated carbocycles. The zero-order valence-corrected chi connectivity index (χ0v) is 15.4. The maximum absolute atomic E-state index is 5.18. The van der Waals surface area contributed by atoms with Crippen LogP contribution in [-0.4, -0.2) is 4.98 Å². The number of rotatable bonds is 4. The molecule has 1 aliphatic carbocycles. The van der Waals surface area contributed by atoms with Crippen LogP contribution in [0, 0.1) is 0 Å². The standard InChI is InChI=1S/C23H24NP/c1-4-11-19(12-5-1)22-17-10-18-23(24-22)25(20-13-6-2-7-14-20)21-15-8-3-9-16-21/h2-3,6-10,13-19H,1,4-5,11-12H2. The number of hydrogen-bond acceptors (Lipinski definition) is 1. The summed E-state index contributed by atoms with van der Waals surface area (Å²) < 4.78 is 0. The average molecular weight is 345 g/mol. The first-order valence-corrected chi connectivity index (χ1v) is 10.6. The summed E-state index contributed by atoms with van der Waals surface area (Å²) in [6.07, 6.45) is 6.68. The highest BCUT2D eigenvalue weighted by atomic mass is 31.1. The molecule has 1 fully saturated rings. The summed E-state index contributed by atoms with van der Waals surface area (Å²) in [6.45, 7) is 0. The Kier molecular flexibility index (Phi) is 5.23. The summed E-state index contributed by atoms with van der Waals surface area (Å²) in [7, 11) is -0.594. The Hall–Kier alpha value is -1.98. The molecule has 0 bridgehead atoms. The maximum Gasteiger partial charge on any atom is 0.0724 e. The van der Waals surface area contributed by atoms with E-state index in [-0.39, 0.29) is 0 Å². The van der Waals surface area contributed by atoms with E-state index in [9.17, 15) is 0 Å². The fraction of sp³-hybridized carbons (Fsp3) is 0.261. The molecule has 0 aliphatic heterocycles. The van der Waals surface area contributed by atoms with Gasteiger partial charge < -0.3 is 0 Å². The van der Waals surface area contributed by atoms with Gasteiger partial charge in [-0.05, 0) is 35.6 Å². The van der Waals surface area contributed by atoms with E-state index in [0.717, 1.165) is 0 Å². The number of hydrogen-bond donors (Lipinski definition) is 0. The van der Waals surface area contributed by atoms with E-state index in [1.165, 1.54) is 53.8 Å². The molecule has 2 heteroatoms. The molecule has 0 saturated heterocycles. The van der Waals surface area contributed by atoms with Crippen molar-refractivity contribution in [2.45, 2.75) is 38.0 Å². The topological polar surface area (TPSA) is 12.9 Å². The van der Waals surface area contributed by atoms with E-state index < -0.39 is 7.92 Å². The molecule has 0 spiro atoms. The third-order valence-electron chi connectivity index (χ3n) is 5.04. The zero-order chi connectivity index (χ0) is 16.9. The first kappa shape index (κ1) is 16.5. The van der Waals surface area contributed by atoms with Gasteiger partial charge in [0.2, 0.25) is 0 Å². The molecule has 3 aromatic rings. The van der Waals surface area contributed by atoms with Crippen LogP contribution < -0.4 is 16.0 Å². The van der Waals surface area contributed by atoms with Crippen molar-refractivity contribution in [3.05, 3.63) is 84.6 Å². The summed E-state index contributed by atoms with van der Waals surface area (Å²) in [6, 6.07) is 28.4. The molecule has 126 valence electrons. The van der Waals surface area contributed by atoms with Crippen molar-refractivity contribution in [2.75, 3.05) is 0 Å². The minimum atomic E-state index is -0.594. The Morgan fingerprint density at radius 3 is 1.84 bits per heavy atom. The second kappa shape index (κ2) is 7.93. The summed E-state index contributed by atoms with van der Waals surface area (Å²) in [4.78, 5) is 5.18. The van der Waals surface area contributed by atoms with Crippen LogP contribution in [0.25, 0.3) is 0 Å². The maximum atomic E-state index is 5.18. The van der Waals surface area contributed by atoms with Crippen molar-refractivity contribution in [2.24, 2.45) is 0 Å². The molecule has 2 aromatic carbocycles. The smallest absolute Gasteiger partial charge is 0.0724 e. The van der Waals surface area contributed by atoms with Gasteiger partial charge in [-0.25, -0.2) is 0 Å². The molecule has 1 aromatic heterocycles. The minimum absolute atomic E-state index is 0.594. The van der Waals surface area contributed by atoms with Gasteiger partial charge in [-0.15, -0.1) is 0 Å². The summed E-state index contributed by atoms with van der Waals surface area (Å²) >= 11 is 0. The van der Waals surface area contributed by atoms with Gasteiger partial charge in [0.25, 0.3) is 0 Å². The largest absolute Gasteiger partial charge is 0.252 e. The molecule has 0 unspecified atom stereocenters. The number of benzene rings is 2. The first-order valence-electron chi connectivity index (χ1n) is 9.29. The number of aromatic nitrogens is 1. The van der Waals surface area contributed by atoms with E-state index in [2.05, 4.69) is 78.9 Å². The van der Waals surface area contributed by atoms with Gasteiger partial charge in [-0.2, -0.15) is 0 Å². The average Bonchev–Trinajstić information content (AvgIpc) is 2.71. The Bertz CT molecular complexity index is 755. The quantitative estimate of drug-likeness (QED) is 0.614. The van der Waals surface area contributed by atoms with Gasteiger partial charge in [-0.1, -0.05) is 86.0 Å². The summed E-state index contributed by atoms with van der Waals surface area (Å²) in [5.74, 6) is 0.650. The monoisotopic (exact) mass is 345 g/mol. The summed E-state index contributed by atoms with van der Waals surface area (Å²) in [5, 5.41) is 2.74. The fourth-order valence-corrected chi connectivity index (χ4v) is 5.98. The molecule has 0 N–H and O–H groups in total. The van der Waals surface area contributed by atoms with Crippen molar-refractivity contribution in [3.63, 3.8) is 0 Å². The predicted molar refractivity (Wildman–Crippen MR) is 109 cm³/mol. The normalized spacial score (nSPS) is 15.4. The minimum Gasteiger partial charge on any atom is -0.252 e. The second-order valence-electron chi connectivity index (χ2n) is 6.76. The molecule has 25 heavy (non-hydrogen) atoms.